The van der Waals surface area contributed by atoms with Crippen molar-refractivity contribution in [1.82, 2.24) is 20.4 Å². The molecule has 0 bridgehead atoms. The number of nitrogens with zero attached hydrogens (tertiary/aromatic N) is 2. The van der Waals surface area contributed by atoms with Gasteiger partial charge in [-0.15, -0.1) is 0 Å². The van der Waals surface area contributed by atoms with Gasteiger partial charge in [0.25, 0.3) is 11.8 Å². The third kappa shape index (κ3) is 9.87. The third-order valence-corrected chi connectivity index (χ3v) is 13.8. The molecule has 65 heavy (non-hydrogen) atoms. The molecule has 0 spiro atoms. The molecule has 2 saturated heterocycles. The monoisotopic (exact) mass is 875 g/mol. The molecule has 0 atom stereocenters. The van der Waals surface area contributed by atoms with Gasteiger partial charge in [-0.1, -0.05) is 105 Å². The van der Waals surface area contributed by atoms with E-state index in [0.717, 1.165) is 50.1 Å². The molecule has 0 radical (unpaired) electrons. The molecule has 2 aliphatic heterocycles. The summed E-state index contributed by atoms with van der Waals surface area (Å²) in [6.07, 6.45) is 8.77. The van der Waals surface area contributed by atoms with Crippen LogP contribution < -0.4 is 24.8 Å². The number of benzene rings is 6. The van der Waals surface area contributed by atoms with E-state index in [1.54, 1.807) is 19.2 Å². The minimum atomic E-state index is -0.329. The quantitative estimate of drug-likeness (QED) is 0.113. The molecule has 9 nitrogen and oxygen atoms in total. The Labute approximate surface area is 385 Å². The maximum atomic E-state index is 13.4. The van der Waals surface area contributed by atoms with Crippen LogP contribution in [-0.2, 0) is 11.1 Å². The number of fused-ring (bicyclic) bond motifs is 3. The second kappa shape index (κ2) is 19.7. The van der Waals surface area contributed by atoms with E-state index >= 15 is 0 Å². The Morgan fingerprint density at radius 3 is 1.69 bits per heavy atom. The van der Waals surface area contributed by atoms with E-state index in [1.165, 1.54) is 71.4 Å². The van der Waals surface area contributed by atoms with E-state index < -0.39 is 0 Å². The van der Waals surface area contributed by atoms with Crippen LogP contribution >= 0.6 is 0 Å². The summed E-state index contributed by atoms with van der Waals surface area (Å²) in [7, 11) is 5.58. The van der Waals surface area contributed by atoms with Crippen molar-refractivity contribution in [3.05, 3.63) is 149 Å². The number of hydrogen-bond donors (Lipinski definition) is 2. The highest BCUT2D eigenvalue weighted by Gasteiger charge is 2.48. The second-order valence-electron chi connectivity index (χ2n) is 18.3. The van der Waals surface area contributed by atoms with Gasteiger partial charge in [-0.05, 0) is 154 Å². The van der Waals surface area contributed by atoms with Crippen molar-refractivity contribution in [2.75, 3.05) is 54.1 Å². The molecule has 2 amide bonds. The van der Waals surface area contributed by atoms with Gasteiger partial charge in [0.1, 0.15) is 30.5 Å². The molecule has 4 fully saturated rings. The van der Waals surface area contributed by atoms with Crippen molar-refractivity contribution in [2.24, 2.45) is 0 Å². The van der Waals surface area contributed by atoms with E-state index in [1.807, 2.05) is 71.3 Å². The molecule has 2 heterocycles. The van der Waals surface area contributed by atoms with E-state index in [-0.39, 0.29) is 28.4 Å². The number of rotatable bonds is 14. The van der Waals surface area contributed by atoms with Gasteiger partial charge in [-0.3, -0.25) is 14.5 Å². The van der Waals surface area contributed by atoms with Gasteiger partial charge in [-0.2, -0.15) is 0 Å². The van der Waals surface area contributed by atoms with Crippen LogP contribution in [0.3, 0.4) is 0 Å². The highest BCUT2D eigenvalue weighted by molar-refractivity contribution is 5.99. The van der Waals surface area contributed by atoms with Gasteiger partial charge < -0.3 is 29.7 Å². The van der Waals surface area contributed by atoms with E-state index in [0.29, 0.717) is 29.2 Å². The molecule has 0 aromatic heterocycles. The van der Waals surface area contributed by atoms with Crippen LogP contribution in [0, 0.1) is 6.92 Å². The van der Waals surface area contributed by atoms with Crippen LogP contribution in [0.4, 0.5) is 0 Å². The molecule has 6 aromatic carbocycles. The first-order chi connectivity index (χ1) is 31.6. The molecular formula is C56H66N4O5. The Morgan fingerprint density at radius 1 is 0.631 bits per heavy atom. The molecule has 2 saturated carbocycles. The van der Waals surface area contributed by atoms with Crippen molar-refractivity contribution in [1.29, 1.82) is 0 Å². The van der Waals surface area contributed by atoms with Crippen LogP contribution in [-0.4, -0.2) is 81.2 Å². The Morgan fingerprint density at radius 2 is 1.14 bits per heavy atom. The van der Waals surface area contributed by atoms with Crippen molar-refractivity contribution >= 4 is 33.4 Å². The SMILES string of the molecule is CC.COc1ccc(OCCN(C)C)cc1C(=O)NC1(c2cccc3ccccc23)CC1.Cc1ccc(OCC23CCCN2CCC3)cc1C(=O)NC1(c2cccc3ccccc23)CC1. The average Bonchev–Trinajstić information content (AvgIpc) is 4.21. The minimum absolute atomic E-state index is 0.00935. The van der Waals surface area contributed by atoms with Gasteiger partial charge in [0, 0.05) is 12.1 Å². The zero-order valence-corrected chi connectivity index (χ0v) is 39.2. The number of amides is 2. The molecule has 4 aliphatic rings. The van der Waals surface area contributed by atoms with Crippen molar-refractivity contribution in [3.8, 4) is 17.2 Å². The fraction of sp³-hybridized carbons (Fsp3) is 0.393. The average molecular weight is 875 g/mol. The number of likely N-dealkylation sites (N-methyl/N-ethyl adjacent to an activating group) is 1. The summed E-state index contributed by atoms with van der Waals surface area (Å²) in [6, 6.07) is 40.8. The lowest BCUT2D eigenvalue weighted by Gasteiger charge is -2.31. The van der Waals surface area contributed by atoms with Crippen molar-refractivity contribution in [2.45, 2.75) is 88.8 Å². The summed E-state index contributed by atoms with van der Waals surface area (Å²) in [6.45, 7) is 10.5. The predicted octanol–water partition coefficient (Wildman–Crippen LogP) is 10.8. The normalized spacial score (nSPS) is 17.2. The second-order valence-corrected chi connectivity index (χ2v) is 18.3. The molecule has 340 valence electrons. The lowest BCUT2D eigenvalue weighted by molar-refractivity contribution is 0.0919. The largest absolute Gasteiger partial charge is 0.496 e. The van der Waals surface area contributed by atoms with E-state index in [9.17, 15) is 9.59 Å². The van der Waals surface area contributed by atoms with Crippen LogP contribution in [0.15, 0.2) is 121 Å². The summed E-state index contributed by atoms with van der Waals surface area (Å²) in [4.78, 5) is 31.4. The highest BCUT2D eigenvalue weighted by atomic mass is 16.5. The summed E-state index contributed by atoms with van der Waals surface area (Å²) in [5.41, 5.74) is 4.19. The summed E-state index contributed by atoms with van der Waals surface area (Å²) < 4.78 is 17.6. The van der Waals surface area contributed by atoms with Crippen LogP contribution in [0.25, 0.3) is 21.5 Å². The van der Waals surface area contributed by atoms with Crippen LogP contribution in [0.2, 0.25) is 0 Å². The first-order valence-corrected chi connectivity index (χ1v) is 23.7. The Bertz CT molecular complexity index is 2610. The highest BCUT2D eigenvalue weighted by Crippen LogP contribution is 2.49. The van der Waals surface area contributed by atoms with E-state index in [2.05, 4.69) is 93.2 Å². The van der Waals surface area contributed by atoms with Gasteiger partial charge >= 0.3 is 0 Å². The molecule has 10 rings (SSSR count). The Hall–Kier alpha value is -5.90. The predicted molar refractivity (Wildman–Crippen MR) is 262 cm³/mol. The van der Waals surface area contributed by atoms with Crippen molar-refractivity contribution < 1.29 is 23.8 Å². The fourth-order valence-electron chi connectivity index (χ4n) is 9.94. The minimum Gasteiger partial charge on any atom is -0.496 e. The number of hydrogen-bond acceptors (Lipinski definition) is 7. The molecule has 2 aliphatic carbocycles. The lowest BCUT2D eigenvalue weighted by atomic mass is 9.95. The standard InChI is InChI=1S/C29H32N2O2.C25H28N2O3.C2H6/c1-21-11-12-23(33-20-28-13-5-17-31(28)18-6-14-28)19-25(21)27(32)30-29(15-16-29)26-10-4-8-22-7-2-3-9-24(22)26;1-27(2)15-16-30-19-11-12-23(29-3)21(17-19)24(28)26-25(13-14-25)22-10-6-8-18-7-4-5-9-20(18)22;1-2/h2-4,7-12,19H,5-6,13-18,20H2,1H3,(H,30,32);4-12,17H,13-16H2,1-3H3,(H,26,28);1-2H3. The van der Waals surface area contributed by atoms with Crippen molar-refractivity contribution in [3.63, 3.8) is 0 Å². The number of carbonyl (C=O) groups is 2. The van der Waals surface area contributed by atoms with Gasteiger partial charge in [-0.25, -0.2) is 0 Å². The summed E-state index contributed by atoms with van der Waals surface area (Å²) >= 11 is 0. The zero-order valence-electron chi connectivity index (χ0n) is 39.2. The molecule has 0 unspecified atom stereocenters. The summed E-state index contributed by atoms with van der Waals surface area (Å²) in [5, 5.41) is 11.5. The molecule has 9 heteroatoms. The Balaban J connectivity index is 0.000000172. The van der Waals surface area contributed by atoms with E-state index in [4.69, 9.17) is 14.2 Å². The molecular weight excluding hydrogens is 809 g/mol. The van der Waals surface area contributed by atoms with Gasteiger partial charge in [0.2, 0.25) is 0 Å². The van der Waals surface area contributed by atoms with Crippen LogP contribution in [0.5, 0.6) is 17.2 Å². The van der Waals surface area contributed by atoms with Gasteiger partial charge in [0.05, 0.1) is 29.3 Å². The maximum absolute atomic E-state index is 13.4. The molecule has 2 N–H and O–H groups in total. The maximum Gasteiger partial charge on any atom is 0.255 e. The Kier molecular flexibility index (Phi) is 13.8. The summed E-state index contributed by atoms with van der Waals surface area (Å²) in [5.74, 6) is 1.85. The zero-order chi connectivity index (χ0) is 45.6. The number of nitrogens with one attached hydrogen (secondary N) is 2. The number of carbonyl (C=O) groups excluding carboxylic acids is 2. The fourth-order valence-corrected chi connectivity index (χ4v) is 9.94. The first kappa shape index (κ1) is 45.7. The number of methoxy groups -OCH3 is 1. The number of aryl methyl sites for hydroxylation is 1. The first-order valence-electron chi connectivity index (χ1n) is 23.7. The molecule has 6 aromatic rings. The smallest absolute Gasteiger partial charge is 0.255 e. The topological polar surface area (TPSA) is 92.4 Å². The van der Waals surface area contributed by atoms with Crippen LogP contribution in [0.1, 0.15) is 103 Å². The van der Waals surface area contributed by atoms with Gasteiger partial charge in [0.15, 0.2) is 0 Å². The third-order valence-electron chi connectivity index (χ3n) is 13.8. The lowest BCUT2D eigenvalue weighted by Crippen LogP contribution is -2.43. The number of ether oxygens (including phenoxy) is 3.